The van der Waals surface area contributed by atoms with Gasteiger partial charge in [0.05, 0.1) is 11.5 Å². The molecule has 3 aromatic carbocycles. The summed E-state index contributed by atoms with van der Waals surface area (Å²) in [5, 5.41) is 4.79. The molecule has 2 aromatic heterocycles. The zero-order valence-corrected chi connectivity index (χ0v) is 15.2. The molecule has 0 aliphatic rings. The minimum Gasteiger partial charge on any atom is -0.456 e. The summed E-state index contributed by atoms with van der Waals surface area (Å²) in [7, 11) is 2.10. The molecule has 26 heavy (non-hydrogen) atoms. The van der Waals surface area contributed by atoms with Crippen molar-refractivity contribution in [3.05, 3.63) is 78.0 Å². The minimum absolute atomic E-state index is 0.934. The van der Waals surface area contributed by atoms with Gasteiger partial charge in [0.15, 0.2) is 6.20 Å². The van der Waals surface area contributed by atoms with Crippen molar-refractivity contribution in [3.63, 3.8) is 0 Å². The first-order valence-electron chi connectivity index (χ1n) is 8.92. The van der Waals surface area contributed by atoms with Crippen LogP contribution in [-0.2, 0) is 7.05 Å². The number of furan rings is 1. The van der Waals surface area contributed by atoms with Crippen LogP contribution in [-0.4, -0.2) is 0 Å². The average molecular weight is 338 g/mol. The molecule has 0 aliphatic heterocycles. The van der Waals surface area contributed by atoms with Crippen LogP contribution >= 0.6 is 0 Å². The van der Waals surface area contributed by atoms with E-state index in [4.69, 9.17) is 4.42 Å². The van der Waals surface area contributed by atoms with E-state index in [1.165, 1.54) is 32.8 Å². The number of rotatable bonds is 1. The van der Waals surface area contributed by atoms with E-state index < -0.39 is 0 Å². The second-order valence-electron chi connectivity index (χ2n) is 7.16. The summed E-state index contributed by atoms with van der Waals surface area (Å²) in [5.41, 5.74) is 6.80. The molecule has 0 fully saturated rings. The van der Waals surface area contributed by atoms with Gasteiger partial charge in [-0.05, 0) is 48.4 Å². The van der Waals surface area contributed by atoms with Gasteiger partial charge in [0.1, 0.15) is 18.2 Å². The summed E-state index contributed by atoms with van der Waals surface area (Å²) in [6.45, 7) is 4.27. The average Bonchev–Trinajstić information content (AvgIpc) is 2.96. The quantitative estimate of drug-likeness (QED) is 0.351. The van der Waals surface area contributed by atoms with E-state index in [-0.39, 0.29) is 0 Å². The Kier molecular flexibility index (Phi) is 3.17. The normalized spacial score (nSPS) is 11.7. The van der Waals surface area contributed by atoms with Gasteiger partial charge in [-0.2, -0.15) is 0 Å². The second-order valence-corrected chi connectivity index (χ2v) is 7.16. The van der Waals surface area contributed by atoms with Crippen LogP contribution in [0.25, 0.3) is 44.0 Å². The molecule has 0 saturated heterocycles. The molecule has 0 spiro atoms. The van der Waals surface area contributed by atoms with Crippen molar-refractivity contribution in [2.75, 3.05) is 0 Å². The van der Waals surface area contributed by atoms with E-state index in [1.807, 2.05) is 0 Å². The zero-order chi connectivity index (χ0) is 17.8. The summed E-state index contributed by atoms with van der Waals surface area (Å²) in [6, 6.07) is 21.6. The Morgan fingerprint density at radius 1 is 0.769 bits per heavy atom. The van der Waals surface area contributed by atoms with Gasteiger partial charge in [0.25, 0.3) is 0 Å². The van der Waals surface area contributed by atoms with Crippen LogP contribution in [0.5, 0.6) is 0 Å². The Bertz CT molecular complexity index is 1310. The third-order valence-electron chi connectivity index (χ3n) is 5.26. The van der Waals surface area contributed by atoms with Crippen LogP contribution in [0.3, 0.4) is 0 Å². The van der Waals surface area contributed by atoms with Crippen molar-refractivity contribution in [1.29, 1.82) is 0 Å². The fourth-order valence-corrected chi connectivity index (χ4v) is 3.85. The summed E-state index contributed by atoms with van der Waals surface area (Å²) in [4.78, 5) is 0. The maximum atomic E-state index is 6.24. The highest BCUT2D eigenvalue weighted by Gasteiger charge is 2.18. The number of hydrogen-bond acceptors (Lipinski definition) is 1. The van der Waals surface area contributed by atoms with E-state index in [2.05, 4.69) is 92.3 Å². The lowest BCUT2D eigenvalue weighted by Gasteiger charge is -2.03. The highest BCUT2D eigenvalue weighted by molar-refractivity contribution is 6.09. The van der Waals surface area contributed by atoms with Crippen molar-refractivity contribution in [2.45, 2.75) is 13.8 Å². The first-order chi connectivity index (χ1) is 12.6. The van der Waals surface area contributed by atoms with Crippen LogP contribution in [0.15, 0.2) is 71.3 Å². The van der Waals surface area contributed by atoms with Crippen molar-refractivity contribution in [2.24, 2.45) is 7.05 Å². The summed E-state index contributed by atoms with van der Waals surface area (Å²) in [5.74, 6) is 0. The molecular formula is C24H20NO+. The molecule has 126 valence electrons. The van der Waals surface area contributed by atoms with E-state index in [1.54, 1.807) is 0 Å². The molecule has 0 atom stereocenters. The van der Waals surface area contributed by atoms with Crippen molar-refractivity contribution >= 4 is 32.7 Å². The number of aromatic nitrogens is 1. The SMILES string of the molecule is Cc1ccc2cc3c(cc2c1)oc1cc(-c2ccccc2C)[n+](C)cc13. The van der Waals surface area contributed by atoms with Crippen LogP contribution in [0.1, 0.15) is 11.1 Å². The van der Waals surface area contributed by atoms with Gasteiger partial charge in [0, 0.05) is 10.9 Å². The van der Waals surface area contributed by atoms with Gasteiger partial charge in [-0.25, -0.2) is 4.57 Å². The first-order valence-corrected chi connectivity index (χ1v) is 8.92. The molecule has 0 N–H and O–H groups in total. The third-order valence-corrected chi connectivity index (χ3v) is 5.26. The number of pyridine rings is 1. The Hall–Kier alpha value is -3.13. The monoisotopic (exact) mass is 338 g/mol. The standard InChI is InChI=1S/C24H20NO/c1-15-8-9-17-11-20-21-14-25(3)22(19-7-5-4-6-16(19)2)13-24(21)26-23(20)12-18(17)10-15/h4-14H,1-3H3/q+1. The molecule has 0 unspecified atom stereocenters. The Balaban J connectivity index is 1.83. The van der Waals surface area contributed by atoms with Gasteiger partial charge in [0.2, 0.25) is 5.69 Å². The van der Waals surface area contributed by atoms with E-state index in [0.717, 1.165) is 22.2 Å². The Labute approximate surface area is 152 Å². The molecule has 0 saturated carbocycles. The molecule has 0 amide bonds. The summed E-state index contributed by atoms with van der Waals surface area (Å²) < 4.78 is 8.44. The van der Waals surface area contributed by atoms with Crippen LogP contribution < -0.4 is 4.57 Å². The molecule has 5 rings (SSSR count). The van der Waals surface area contributed by atoms with Gasteiger partial charge in [-0.3, -0.25) is 0 Å². The third kappa shape index (κ3) is 2.22. The minimum atomic E-state index is 0.934. The fraction of sp³-hybridized carbons (Fsp3) is 0.125. The van der Waals surface area contributed by atoms with Crippen molar-refractivity contribution < 1.29 is 8.98 Å². The van der Waals surface area contributed by atoms with Crippen LogP contribution in [0.2, 0.25) is 0 Å². The number of fused-ring (bicyclic) bond motifs is 4. The lowest BCUT2D eigenvalue weighted by Crippen LogP contribution is -2.30. The fourth-order valence-electron chi connectivity index (χ4n) is 3.85. The molecule has 2 nitrogen and oxygen atoms in total. The summed E-state index contributed by atoms with van der Waals surface area (Å²) >= 11 is 0. The molecular weight excluding hydrogens is 318 g/mol. The van der Waals surface area contributed by atoms with Gasteiger partial charge < -0.3 is 4.42 Å². The molecule has 0 bridgehead atoms. The van der Waals surface area contributed by atoms with E-state index in [9.17, 15) is 0 Å². The van der Waals surface area contributed by atoms with E-state index in [0.29, 0.717) is 0 Å². The van der Waals surface area contributed by atoms with Crippen LogP contribution in [0.4, 0.5) is 0 Å². The lowest BCUT2D eigenvalue weighted by atomic mass is 10.0. The topological polar surface area (TPSA) is 17.0 Å². The van der Waals surface area contributed by atoms with Crippen molar-refractivity contribution in [1.82, 2.24) is 0 Å². The first kappa shape index (κ1) is 15.2. The maximum Gasteiger partial charge on any atom is 0.216 e. The number of nitrogens with zero attached hydrogens (tertiary/aromatic N) is 1. The Morgan fingerprint density at radius 2 is 1.58 bits per heavy atom. The highest BCUT2D eigenvalue weighted by atomic mass is 16.3. The van der Waals surface area contributed by atoms with Crippen molar-refractivity contribution in [3.8, 4) is 11.3 Å². The number of benzene rings is 3. The maximum absolute atomic E-state index is 6.24. The smallest absolute Gasteiger partial charge is 0.216 e. The highest BCUT2D eigenvalue weighted by Crippen LogP contribution is 2.33. The van der Waals surface area contributed by atoms with Gasteiger partial charge >= 0.3 is 0 Å². The Morgan fingerprint density at radius 3 is 2.42 bits per heavy atom. The molecule has 0 radical (unpaired) electrons. The summed E-state index contributed by atoms with van der Waals surface area (Å²) in [6.07, 6.45) is 2.18. The number of hydrogen-bond donors (Lipinski definition) is 0. The predicted molar refractivity (Wildman–Crippen MR) is 107 cm³/mol. The van der Waals surface area contributed by atoms with Gasteiger partial charge in [-0.15, -0.1) is 0 Å². The molecule has 0 aliphatic carbocycles. The number of aryl methyl sites for hydroxylation is 3. The molecule has 2 heteroatoms. The molecule has 2 heterocycles. The molecule has 5 aromatic rings. The second kappa shape index (κ2) is 5.43. The predicted octanol–water partition coefficient (Wildman–Crippen LogP) is 5.85. The zero-order valence-electron chi connectivity index (χ0n) is 15.2. The lowest BCUT2D eigenvalue weighted by molar-refractivity contribution is -0.659. The van der Waals surface area contributed by atoms with E-state index >= 15 is 0 Å². The van der Waals surface area contributed by atoms with Gasteiger partial charge in [-0.1, -0.05) is 42.0 Å². The van der Waals surface area contributed by atoms with Crippen LogP contribution in [0, 0.1) is 13.8 Å². The largest absolute Gasteiger partial charge is 0.456 e.